The molecule has 1 aliphatic rings. The number of nitrogens with zero attached hydrogens (tertiary/aromatic N) is 2. The van der Waals surface area contributed by atoms with E-state index in [-0.39, 0.29) is 0 Å². The summed E-state index contributed by atoms with van der Waals surface area (Å²) in [6.45, 7) is 7.18. The molecular formula is C18H30N2O2S. The number of likely N-dealkylation sites (N-methyl/N-ethyl adjacent to an activating group) is 1. The van der Waals surface area contributed by atoms with Crippen molar-refractivity contribution in [3.05, 3.63) is 29.3 Å². The van der Waals surface area contributed by atoms with E-state index in [4.69, 9.17) is 4.74 Å². The van der Waals surface area contributed by atoms with Gasteiger partial charge >= 0.3 is 0 Å². The molecule has 5 heteroatoms. The minimum atomic E-state index is -0.459. The molecule has 0 amide bonds. The molecule has 23 heavy (non-hydrogen) atoms. The van der Waals surface area contributed by atoms with Crippen molar-refractivity contribution in [1.82, 2.24) is 9.80 Å². The maximum absolute atomic E-state index is 10.3. The zero-order chi connectivity index (χ0) is 17.0. The number of rotatable bonds is 7. The van der Waals surface area contributed by atoms with E-state index in [1.807, 2.05) is 23.9 Å². The van der Waals surface area contributed by atoms with Gasteiger partial charge in [-0.1, -0.05) is 6.07 Å². The molecule has 0 unspecified atom stereocenters. The Morgan fingerprint density at radius 3 is 2.43 bits per heavy atom. The van der Waals surface area contributed by atoms with Crippen molar-refractivity contribution in [3.63, 3.8) is 0 Å². The molecule has 1 heterocycles. The minimum absolute atomic E-state index is 0.343. The van der Waals surface area contributed by atoms with Gasteiger partial charge in [-0.05, 0) is 57.5 Å². The van der Waals surface area contributed by atoms with Gasteiger partial charge < -0.3 is 14.7 Å². The first-order valence-corrected chi connectivity index (χ1v) is 9.48. The Kier molecular flexibility index (Phi) is 6.77. The van der Waals surface area contributed by atoms with Crippen molar-refractivity contribution in [2.75, 3.05) is 46.6 Å². The molecule has 0 spiro atoms. The van der Waals surface area contributed by atoms with Gasteiger partial charge in [0.2, 0.25) is 0 Å². The molecule has 4 nitrogen and oxygen atoms in total. The van der Waals surface area contributed by atoms with Crippen LogP contribution in [-0.4, -0.2) is 78.9 Å². The van der Waals surface area contributed by atoms with Crippen LogP contribution in [0.2, 0.25) is 0 Å². The second kappa shape index (κ2) is 8.38. The third kappa shape index (κ3) is 5.38. The molecule has 0 radical (unpaired) electrons. The van der Waals surface area contributed by atoms with Crippen LogP contribution in [0.3, 0.4) is 0 Å². The summed E-state index contributed by atoms with van der Waals surface area (Å²) in [6.07, 6.45) is 1.71. The van der Waals surface area contributed by atoms with Crippen LogP contribution in [0.5, 0.6) is 5.75 Å². The Morgan fingerprint density at radius 1 is 1.26 bits per heavy atom. The predicted molar refractivity (Wildman–Crippen MR) is 98.6 cm³/mol. The molecule has 1 aliphatic heterocycles. The van der Waals surface area contributed by atoms with Gasteiger partial charge in [0, 0.05) is 30.9 Å². The number of β-amino-alcohol motifs (C(OH)–C–C–N with tert-alkyl or cyclic N) is 1. The zero-order valence-electron chi connectivity index (χ0n) is 15.0. The molecule has 0 bridgehead atoms. The molecule has 2 rings (SSSR count). The van der Waals surface area contributed by atoms with Crippen molar-refractivity contribution in [3.8, 4) is 5.75 Å². The molecule has 130 valence electrons. The van der Waals surface area contributed by atoms with Crippen LogP contribution < -0.4 is 4.74 Å². The maximum atomic E-state index is 10.3. The van der Waals surface area contributed by atoms with Crippen molar-refractivity contribution in [2.24, 2.45) is 0 Å². The first-order chi connectivity index (χ1) is 10.9. The van der Waals surface area contributed by atoms with Crippen LogP contribution >= 0.6 is 11.8 Å². The van der Waals surface area contributed by atoms with E-state index in [0.29, 0.717) is 24.4 Å². The lowest BCUT2D eigenvalue weighted by atomic mass is 10.1. The van der Waals surface area contributed by atoms with E-state index in [1.54, 1.807) is 0 Å². The summed E-state index contributed by atoms with van der Waals surface area (Å²) in [5.41, 5.74) is 2.37. The first-order valence-electron chi connectivity index (χ1n) is 8.19. The molecule has 1 aromatic carbocycles. The van der Waals surface area contributed by atoms with Gasteiger partial charge in [-0.3, -0.25) is 4.90 Å². The van der Waals surface area contributed by atoms with Gasteiger partial charge in [0.1, 0.15) is 18.5 Å². The highest BCUT2D eigenvalue weighted by Gasteiger charge is 2.34. The summed E-state index contributed by atoms with van der Waals surface area (Å²) in [7, 11) is 4.27. The molecule has 3 atom stereocenters. The molecule has 0 aliphatic carbocycles. The number of likely N-dealkylation sites (tertiary alicyclic amines) is 1. The average Bonchev–Trinajstić information content (AvgIpc) is 2.87. The molecule has 1 saturated heterocycles. The fourth-order valence-electron chi connectivity index (χ4n) is 3.27. The second-order valence-electron chi connectivity index (χ2n) is 6.81. The summed E-state index contributed by atoms with van der Waals surface area (Å²) in [5, 5.41) is 10.9. The van der Waals surface area contributed by atoms with Crippen LogP contribution in [0.4, 0.5) is 0 Å². The quantitative estimate of drug-likeness (QED) is 0.823. The van der Waals surface area contributed by atoms with Crippen LogP contribution in [0, 0.1) is 13.8 Å². The van der Waals surface area contributed by atoms with Crippen LogP contribution in [0.25, 0.3) is 0 Å². The van der Waals surface area contributed by atoms with Crippen LogP contribution in [0.1, 0.15) is 11.1 Å². The van der Waals surface area contributed by atoms with Crippen molar-refractivity contribution in [1.29, 1.82) is 0 Å². The molecule has 1 aromatic rings. The Balaban J connectivity index is 1.82. The molecule has 1 N–H and O–H groups in total. The third-order valence-corrected chi connectivity index (χ3v) is 5.45. The van der Waals surface area contributed by atoms with E-state index in [2.05, 4.69) is 50.1 Å². The van der Waals surface area contributed by atoms with Gasteiger partial charge in [0.05, 0.1) is 0 Å². The topological polar surface area (TPSA) is 35.9 Å². The number of aliphatic hydroxyl groups is 1. The Bertz CT molecular complexity index is 490. The average molecular weight is 339 g/mol. The summed E-state index contributed by atoms with van der Waals surface area (Å²) < 4.78 is 5.77. The Morgan fingerprint density at radius 2 is 1.91 bits per heavy atom. The third-order valence-electron chi connectivity index (χ3n) is 4.39. The lowest BCUT2D eigenvalue weighted by Crippen LogP contribution is -2.38. The van der Waals surface area contributed by atoms with Crippen LogP contribution in [0.15, 0.2) is 18.2 Å². The summed E-state index contributed by atoms with van der Waals surface area (Å²) >= 11 is 1.92. The van der Waals surface area contributed by atoms with Gasteiger partial charge in [-0.25, -0.2) is 0 Å². The van der Waals surface area contributed by atoms with E-state index in [1.165, 1.54) is 11.1 Å². The van der Waals surface area contributed by atoms with Crippen molar-refractivity contribution in [2.45, 2.75) is 31.2 Å². The number of hydrogen-bond donors (Lipinski definition) is 1. The smallest absolute Gasteiger partial charge is 0.119 e. The Labute approximate surface area is 144 Å². The number of ether oxygens (including phenoxy) is 1. The van der Waals surface area contributed by atoms with Gasteiger partial charge in [0.25, 0.3) is 0 Å². The van der Waals surface area contributed by atoms with E-state index < -0.39 is 6.10 Å². The van der Waals surface area contributed by atoms with Crippen LogP contribution in [-0.2, 0) is 0 Å². The number of aliphatic hydroxyl groups excluding tert-OH is 1. The molecule has 0 saturated carbocycles. The summed E-state index contributed by atoms with van der Waals surface area (Å²) in [4.78, 5) is 4.64. The largest absolute Gasteiger partial charge is 0.491 e. The molecular weight excluding hydrogens is 308 g/mol. The highest BCUT2D eigenvalue weighted by molar-refractivity contribution is 7.99. The van der Waals surface area contributed by atoms with E-state index >= 15 is 0 Å². The standard InChI is InChI=1S/C18H30N2O2S/c1-13-6-14(2)8-16(7-13)22-12-15(21)9-20-10-17(19(3)4)18(11-20)23-5/h6-8,15,17-18,21H,9-12H2,1-5H3/t15-,17+,18-/m1/s1. The van der Waals surface area contributed by atoms with E-state index in [9.17, 15) is 5.11 Å². The van der Waals surface area contributed by atoms with Crippen molar-refractivity contribution >= 4 is 11.8 Å². The fraction of sp³-hybridized carbons (Fsp3) is 0.667. The predicted octanol–water partition coefficient (Wildman–Crippen LogP) is 2.02. The lowest BCUT2D eigenvalue weighted by Gasteiger charge is -2.24. The van der Waals surface area contributed by atoms with Gasteiger partial charge in [-0.2, -0.15) is 11.8 Å². The first kappa shape index (κ1) is 18.6. The number of thioether (sulfide) groups is 1. The summed E-state index contributed by atoms with van der Waals surface area (Å²) in [6, 6.07) is 6.71. The minimum Gasteiger partial charge on any atom is -0.491 e. The van der Waals surface area contributed by atoms with Gasteiger partial charge in [-0.15, -0.1) is 0 Å². The zero-order valence-corrected chi connectivity index (χ0v) is 15.8. The van der Waals surface area contributed by atoms with E-state index in [0.717, 1.165) is 18.8 Å². The highest BCUT2D eigenvalue weighted by Crippen LogP contribution is 2.24. The summed E-state index contributed by atoms with van der Waals surface area (Å²) in [5.74, 6) is 0.844. The van der Waals surface area contributed by atoms with Gasteiger partial charge in [0.15, 0.2) is 0 Å². The second-order valence-corrected chi connectivity index (χ2v) is 7.89. The molecule has 0 aromatic heterocycles. The number of benzene rings is 1. The molecule has 1 fully saturated rings. The highest BCUT2D eigenvalue weighted by atomic mass is 32.2. The normalized spacial score (nSPS) is 23.4. The Hall–Kier alpha value is -0.750. The monoisotopic (exact) mass is 338 g/mol. The van der Waals surface area contributed by atoms with Crippen molar-refractivity contribution < 1.29 is 9.84 Å². The number of hydrogen-bond acceptors (Lipinski definition) is 5. The SMILES string of the molecule is CS[C@@H]1CN(C[C@@H](O)COc2cc(C)cc(C)c2)C[C@@H]1N(C)C. The number of aryl methyl sites for hydroxylation is 2. The fourth-order valence-corrected chi connectivity index (χ4v) is 4.27. The maximum Gasteiger partial charge on any atom is 0.119 e. The lowest BCUT2D eigenvalue weighted by molar-refractivity contribution is 0.0738.